The van der Waals surface area contributed by atoms with Gasteiger partial charge in [-0.1, -0.05) is 65.4 Å². The van der Waals surface area contributed by atoms with E-state index in [0.29, 0.717) is 32.5 Å². The lowest BCUT2D eigenvalue weighted by molar-refractivity contribution is 0.282. The van der Waals surface area contributed by atoms with Gasteiger partial charge in [0.1, 0.15) is 6.61 Å². The van der Waals surface area contributed by atoms with Crippen molar-refractivity contribution < 1.29 is 9.47 Å². The number of methoxy groups -OCH3 is 1. The summed E-state index contributed by atoms with van der Waals surface area (Å²) in [5, 5.41) is 2.75. The second-order valence-corrected chi connectivity index (χ2v) is 13.4. The lowest BCUT2D eigenvalue weighted by atomic mass is 9.85. The van der Waals surface area contributed by atoms with Gasteiger partial charge in [-0.15, -0.1) is 11.3 Å². The van der Waals surface area contributed by atoms with Crippen LogP contribution in [-0.2, 0) is 13.0 Å². The predicted molar refractivity (Wildman–Crippen MR) is 174 cm³/mol. The van der Waals surface area contributed by atoms with Crippen molar-refractivity contribution in [1.29, 1.82) is 0 Å². The molecule has 0 saturated heterocycles. The highest BCUT2D eigenvalue weighted by Crippen LogP contribution is 2.42. The molecule has 7 rings (SSSR count). The maximum atomic E-state index is 14.0. The highest BCUT2D eigenvalue weighted by atomic mass is 79.9. The van der Waals surface area contributed by atoms with Crippen molar-refractivity contribution in [3.05, 3.63) is 140 Å². The van der Waals surface area contributed by atoms with Crippen molar-refractivity contribution in [2.24, 2.45) is 4.99 Å². The van der Waals surface area contributed by atoms with Crippen molar-refractivity contribution in [3.8, 4) is 11.5 Å². The van der Waals surface area contributed by atoms with Crippen LogP contribution in [0.25, 0.3) is 11.8 Å². The number of ether oxygens (including phenoxy) is 2. The van der Waals surface area contributed by atoms with Gasteiger partial charge in [0.05, 0.1) is 27.9 Å². The first-order chi connectivity index (χ1) is 20.5. The number of nitrogens with zero attached hydrogens (tertiary/aromatic N) is 2. The van der Waals surface area contributed by atoms with Crippen LogP contribution < -0.4 is 24.4 Å². The Hall–Kier alpha value is -3.43. The zero-order valence-corrected chi connectivity index (χ0v) is 26.4. The molecule has 0 N–H and O–H groups in total. The second kappa shape index (κ2) is 11.3. The summed E-state index contributed by atoms with van der Waals surface area (Å²) in [5.41, 5.74) is 6.46. The van der Waals surface area contributed by atoms with E-state index >= 15 is 0 Å². The van der Waals surface area contributed by atoms with Crippen LogP contribution in [0.1, 0.15) is 39.6 Å². The van der Waals surface area contributed by atoms with Gasteiger partial charge in [-0.25, -0.2) is 4.99 Å². The molecule has 3 aromatic carbocycles. The van der Waals surface area contributed by atoms with Gasteiger partial charge in [-0.3, -0.25) is 9.36 Å². The zero-order valence-electron chi connectivity index (χ0n) is 22.5. The Morgan fingerprint density at radius 3 is 2.71 bits per heavy atom. The van der Waals surface area contributed by atoms with Gasteiger partial charge in [0, 0.05) is 15.5 Å². The molecule has 5 aromatic rings. The topological polar surface area (TPSA) is 52.8 Å². The minimum Gasteiger partial charge on any atom is -0.493 e. The van der Waals surface area contributed by atoms with Crippen molar-refractivity contribution in [2.45, 2.75) is 25.5 Å². The Kier molecular flexibility index (Phi) is 7.40. The Balaban J connectivity index is 1.30. The third-order valence-corrected chi connectivity index (χ3v) is 10.3. The summed E-state index contributed by atoms with van der Waals surface area (Å²) in [4.78, 5) is 21.0. The molecule has 0 radical (unpaired) electrons. The van der Waals surface area contributed by atoms with Crippen LogP contribution >= 0.6 is 50.2 Å². The summed E-state index contributed by atoms with van der Waals surface area (Å²) in [5.74, 6) is 1.16. The van der Waals surface area contributed by atoms with Gasteiger partial charge in [0.25, 0.3) is 5.56 Å². The summed E-state index contributed by atoms with van der Waals surface area (Å²) < 4.78 is 15.0. The van der Waals surface area contributed by atoms with E-state index in [1.54, 1.807) is 18.4 Å². The number of benzene rings is 3. The standard InChI is InChI=1S/C33H24BrClN2O3S2/c1-39-26-16-20(15-25(34)31(26)40-18-19-8-11-22(35)12-9-19)17-28-32(38)37-30(27-7-4-14-41-27)24-13-10-21-5-2-3-6-23(21)29(24)36-33(37)42-28/h2-9,11-12,14-17,30H,10,13,18H2,1H3/b28-17+/t30-/m0/s1. The van der Waals surface area contributed by atoms with Crippen LogP contribution in [-0.4, -0.2) is 11.7 Å². The molecule has 3 heterocycles. The maximum Gasteiger partial charge on any atom is 0.271 e. The molecule has 42 heavy (non-hydrogen) atoms. The first kappa shape index (κ1) is 27.4. The van der Waals surface area contributed by atoms with E-state index in [0.717, 1.165) is 39.0 Å². The van der Waals surface area contributed by atoms with Crippen LogP contribution in [0.4, 0.5) is 0 Å². The number of hydrogen-bond acceptors (Lipinski definition) is 6. The molecule has 5 nitrogen and oxygen atoms in total. The van der Waals surface area contributed by atoms with E-state index in [1.807, 2.05) is 53.1 Å². The molecule has 9 heteroatoms. The molecule has 0 fully saturated rings. The Morgan fingerprint density at radius 2 is 1.93 bits per heavy atom. The SMILES string of the molecule is COc1cc(/C=c2/sc3n(c2=O)[C@H](c2cccs2)C2=C(N=3)c3ccccc3CC2)cc(Br)c1OCc1ccc(Cl)cc1. The maximum absolute atomic E-state index is 14.0. The number of aromatic nitrogens is 1. The Morgan fingerprint density at radius 1 is 1.10 bits per heavy atom. The van der Waals surface area contributed by atoms with E-state index in [1.165, 1.54) is 28.0 Å². The third kappa shape index (κ3) is 4.96. The molecule has 1 aliphatic heterocycles. The molecular formula is C33H24BrClN2O3S2. The van der Waals surface area contributed by atoms with Gasteiger partial charge in [0.15, 0.2) is 16.3 Å². The highest BCUT2D eigenvalue weighted by Gasteiger charge is 2.33. The predicted octanol–water partition coefficient (Wildman–Crippen LogP) is 7.38. The smallest absolute Gasteiger partial charge is 0.271 e. The molecule has 2 aliphatic rings. The minimum atomic E-state index is -0.156. The molecule has 2 aromatic heterocycles. The Labute approximate surface area is 263 Å². The molecule has 0 amide bonds. The van der Waals surface area contributed by atoms with Crippen molar-refractivity contribution in [2.75, 3.05) is 7.11 Å². The van der Waals surface area contributed by atoms with Gasteiger partial charge in [-0.05, 0) is 92.8 Å². The quantitative estimate of drug-likeness (QED) is 0.189. The number of thiophene rings is 1. The average molecular weight is 676 g/mol. The summed E-state index contributed by atoms with van der Waals surface area (Å²) in [6, 6.07) is 23.8. The summed E-state index contributed by atoms with van der Waals surface area (Å²) in [6.07, 6.45) is 3.73. The number of halogens is 2. The van der Waals surface area contributed by atoms with E-state index in [2.05, 4.69) is 51.6 Å². The normalized spacial score (nSPS) is 16.0. The highest BCUT2D eigenvalue weighted by molar-refractivity contribution is 9.10. The van der Waals surface area contributed by atoms with Crippen LogP contribution in [0.15, 0.2) is 98.0 Å². The number of fused-ring (bicyclic) bond motifs is 3. The van der Waals surface area contributed by atoms with Gasteiger partial charge >= 0.3 is 0 Å². The largest absolute Gasteiger partial charge is 0.493 e. The van der Waals surface area contributed by atoms with E-state index < -0.39 is 0 Å². The van der Waals surface area contributed by atoms with E-state index in [4.69, 9.17) is 26.1 Å². The first-order valence-corrected chi connectivity index (χ1v) is 16.3. The van der Waals surface area contributed by atoms with Crippen molar-refractivity contribution in [1.82, 2.24) is 4.57 Å². The number of hydrogen-bond donors (Lipinski definition) is 0. The zero-order chi connectivity index (χ0) is 28.8. The van der Waals surface area contributed by atoms with Crippen molar-refractivity contribution >= 4 is 62.0 Å². The number of aryl methyl sites for hydroxylation is 1. The molecule has 0 spiro atoms. The first-order valence-electron chi connectivity index (χ1n) is 13.4. The fourth-order valence-corrected chi connectivity index (χ4v) is 8.12. The monoisotopic (exact) mass is 674 g/mol. The summed E-state index contributed by atoms with van der Waals surface area (Å²) >= 11 is 12.8. The molecule has 0 unspecified atom stereocenters. The number of rotatable bonds is 6. The van der Waals surface area contributed by atoms with E-state index in [9.17, 15) is 4.79 Å². The van der Waals surface area contributed by atoms with Crippen LogP contribution in [0.3, 0.4) is 0 Å². The van der Waals surface area contributed by atoms with E-state index in [-0.39, 0.29) is 11.6 Å². The van der Waals surface area contributed by atoms with Gasteiger partial charge < -0.3 is 9.47 Å². The van der Waals surface area contributed by atoms with Crippen LogP contribution in [0, 0.1) is 0 Å². The van der Waals surface area contributed by atoms with Crippen LogP contribution in [0.2, 0.25) is 5.02 Å². The molecule has 0 bridgehead atoms. The number of allylic oxidation sites excluding steroid dienone is 1. The fourth-order valence-electron chi connectivity index (χ4n) is 5.57. The Bertz CT molecular complexity index is 2030. The van der Waals surface area contributed by atoms with Gasteiger partial charge in [-0.2, -0.15) is 0 Å². The second-order valence-electron chi connectivity index (χ2n) is 10.1. The summed E-state index contributed by atoms with van der Waals surface area (Å²) in [7, 11) is 1.61. The van der Waals surface area contributed by atoms with Gasteiger partial charge in [0.2, 0.25) is 0 Å². The third-order valence-electron chi connectivity index (χ3n) is 7.53. The minimum absolute atomic E-state index is 0.0410. The molecule has 0 saturated carbocycles. The summed E-state index contributed by atoms with van der Waals surface area (Å²) in [6.45, 7) is 0.362. The molecule has 1 aliphatic carbocycles. The average Bonchev–Trinajstić information content (AvgIpc) is 3.64. The fraction of sp³-hybridized carbons (Fsp3) is 0.152. The molecule has 1 atom stereocenters. The van der Waals surface area contributed by atoms with Crippen LogP contribution in [0.5, 0.6) is 11.5 Å². The molecule has 210 valence electrons. The molecular weight excluding hydrogens is 652 g/mol. The lowest BCUT2D eigenvalue weighted by Gasteiger charge is -2.30. The number of thiazole rings is 1. The van der Waals surface area contributed by atoms with Crippen molar-refractivity contribution in [3.63, 3.8) is 0 Å². The lowest BCUT2D eigenvalue weighted by Crippen LogP contribution is -2.38.